The number of pyridine rings is 1. The molecule has 0 bridgehead atoms. The number of aromatic nitrogens is 3. The van der Waals surface area contributed by atoms with Gasteiger partial charge in [-0.25, -0.2) is 9.67 Å². The lowest BCUT2D eigenvalue weighted by atomic mass is 9.89. The molecule has 1 amide bonds. The maximum absolute atomic E-state index is 13.7. The molecule has 174 valence electrons. The van der Waals surface area contributed by atoms with Gasteiger partial charge in [0.05, 0.1) is 22.9 Å². The van der Waals surface area contributed by atoms with E-state index in [9.17, 15) is 18.0 Å². The summed E-state index contributed by atoms with van der Waals surface area (Å²) in [5.41, 5.74) is 1.47. The van der Waals surface area contributed by atoms with Gasteiger partial charge < -0.3 is 10.2 Å². The Labute approximate surface area is 190 Å². The maximum Gasteiger partial charge on any atom is 0.417 e. The van der Waals surface area contributed by atoms with Gasteiger partial charge in [-0.15, -0.1) is 0 Å². The number of halogens is 3. The number of piperidine rings is 1. The topological polar surface area (TPSA) is 63.1 Å². The molecule has 0 radical (unpaired) electrons. The molecule has 3 aromatic rings. The predicted octanol–water partition coefficient (Wildman–Crippen LogP) is 4.95. The zero-order chi connectivity index (χ0) is 23.6. The number of rotatable bonds is 5. The van der Waals surface area contributed by atoms with Crippen molar-refractivity contribution in [1.29, 1.82) is 0 Å². The van der Waals surface area contributed by atoms with Crippen LogP contribution >= 0.6 is 0 Å². The molecular formula is C24H26F3N5O. The lowest BCUT2D eigenvalue weighted by molar-refractivity contribution is -0.137. The summed E-state index contributed by atoms with van der Waals surface area (Å²) in [5, 5.41) is 7.41. The number of aryl methyl sites for hydroxylation is 1. The number of benzene rings is 1. The average molecular weight is 458 g/mol. The molecule has 1 aliphatic rings. The van der Waals surface area contributed by atoms with Gasteiger partial charge in [0.25, 0.3) is 5.91 Å². The van der Waals surface area contributed by atoms with Crippen molar-refractivity contribution in [3.05, 3.63) is 71.7 Å². The molecule has 2 aromatic heterocycles. The highest BCUT2D eigenvalue weighted by molar-refractivity contribution is 5.98. The van der Waals surface area contributed by atoms with E-state index in [1.165, 1.54) is 6.07 Å². The molecule has 6 nitrogen and oxygen atoms in total. The summed E-state index contributed by atoms with van der Waals surface area (Å²) >= 11 is 0. The summed E-state index contributed by atoms with van der Waals surface area (Å²) in [6.45, 7) is 5.05. The average Bonchev–Trinajstić information content (AvgIpc) is 3.32. The minimum atomic E-state index is -4.42. The maximum atomic E-state index is 13.7. The van der Waals surface area contributed by atoms with Crippen molar-refractivity contribution in [2.24, 2.45) is 5.92 Å². The van der Waals surface area contributed by atoms with Gasteiger partial charge in [-0.3, -0.25) is 4.79 Å². The van der Waals surface area contributed by atoms with Crippen LogP contribution < -0.4 is 5.32 Å². The van der Waals surface area contributed by atoms with Crippen molar-refractivity contribution < 1.29 is 18.0 Å². The summed E-state index contributed by atoms with van der Waals surface area (Å²) in [6, 6.07) is 9.72. The van der Waals surface area contributed by atoms with Crippen molar-refractivity contribution >= 4 is 11.7 Å². The molecule has 1 N–H and O–H groups in total. The Morgan fingerprint density at radius 3 is 2.73 bits per heavy atom. The normalized spacial score (nSPS) is 18.9. The van der Waals surface area contributed by atoms with E-state index < -0.39 is 11.7 Å². The molecule has 1 saturated heterocycles. The fourth-order valence-corrected chi connectivity index (χ4v) is 4.27. The van der Waals surface area contributed by atoms with Crippen molar-refractivity contribution in [3.63, 3.8) is 0 Å². The number of likely N-dealkylation sites (tertiary alicyclic amines) is 1. The quantitative estimate of drug-likeness (QED) is 0.589. The Morgan fingerprint density at radius 1 is 1.24 bits per heavy atom. The fourth-order valence-electron chi connectivity index (χ4n) is 4.27. The minimum absolute atomic E-state index is 0.0806. The highest BCUT2D eigenvalue weighted by Gasteiger charge is 2.34. The first kappa shape index (κ1) is 22.8. The van der Waals surface area contributed by atoms with Crippen LogP contribution in [0.25, 0.3) is 5.69 Å². The summed E-state index contributed by atoms with van der Waals surface area (Å²) in [4.78, 5) is 19.5. The lowest BCUT2D eigenvalue weighted by Crippen LogP contribution is -2.51. The highest BCUT2D eigenvalue weighted by atomic mass is 19.4. The Bertz CT molecular complexity index is 1100. The molecule has 0 unspecified atom stereocenters. The van der Waals surface area contributed by atoms with Crippen LogP contribution in [-0.2, 0) is 6.18 Å². The SMILES string of the molecule is Cc1ccc(-n2cccn2)c(C(=O)N2CCC[C@H](C)[C@@H]2CNc2ccc(C(F)(F)F)cn2)c1. The lowest BCUT2D eigenvalue weighted by Gasteiger charge is -2.40. The van der Waals surface area contributed by atoms with Crippen LogP contribution in [0.1, 0.15) is 41.3 Å². The molecule has 1 fully saturated rings. The number of nitrogens with zero attached hydrogens (tertiary/aromatic N) is 4. The Balaban J connectivity index is 1.55. The van der Waals surface area contributed by atoms with Crippen molar-refractivity contribution in [2.75, 3.05) is 18.4 Å². The van der Waals surface area contributed by atoms with Crippen LogP contribution in [0.5, 0.6) is 0 Å². The first-order valence-corrected chi connectivity index (χ1v) is 10.9. The van der Waals surface area contributed by atoms with Gasteiger partial charge in [0.1, 0.15) is 5.82 Å². The zero-order valence-electron chi connectivity index (χ0n) is 18.5. The molecule has 3 heterocycles. The molecule has 33 heavy (non-hydrogen) atoms. The number of alkyl halides is 3. The van der Waals surface area contributed by atoms with Gasteiger partial charge in [0, 0.05) is 31.7 Å². The number of nitrogens with one attached hydrogen (secondary N) is 1. The molecule has 1 aliphatic heterocycles. The highest BCUT2D eigenvalue weighted by Crippen LogP contribution is 2.30. The van der Waals surface area contributed by atoms with Crippen LogP contribution in [0.4, 0.5) is 19.0 Å². The standard InChI is InChI=1S/C24H26F3N5O/c1-16-6-8-20(32-12-4-10-30-32)19(13-16)23(33)31-11-3-5-17(2)21(31)15-29-22-9-7-18(14-28-22)24(25,26)27/h4,6-10,12-14,17,21H,3,5,11,15H2,1-2H3,(H,28,29)/t17-,21-/m0/s1. The fraction of sp³-hybridized carbons (Fsp3) is 0.375. The number of anilines is 1. The van der Waals surface area contributed by atoms with Crippen LogP contribution in [0.15, 0.2) is 55.0 Å². The minimum Gasteiger partial charge on any atom is -0.368 e. The second-order valence-corrected chi connectivity index (χ2v) is 8.47. The third kappa shape index (κ3) is 5.02. The molecule has 0 spiro atoms. The van der Waals surface area contributed by atoms with E-state index in [1.54, 1.807) is 23.1 Å². The third-order valence-corrected chi connectivity index (χ3v) is 6.09. The van der Waals surface area contributed by atoms with E-state index >= 15 is 0 Å². The third-order valence-electron chi connectivity index (χ3n) is 6.09. The van der Waals surface area contributed by atoms with E-state index in [-0.39, 0.29) is 17.9 Å². The summed E-state index contributed by atoms with van der Waals surface area (Å²) in [7, 11) is 0. The molecular weight excluding hydrogens is 431 g/mol. The number of hydrogen-bond donors (Lipinski definition) is 1. The van der Waals surface area contributed by atoms with Gasteiger partial charge in [0.2, 0.25) is 0 Å². The largest absolute Gasteiger partial charge is 0.417 e. The van der Waals surface area contributed by atoms with Crippen LogP contribution in [0.3, 0.4) is 0 Å². The van der Waals surface area contributed by atoms with Crippen molar-refractivity contribution in [2.45, 2.75) is 38.9 Å². The van der Waals surface area contributed by atoms with Crippen molar-refractivity contribution in [3.8, 4) is 5.69 Å². The second-order valence-electron chi connectivity index (χ2n) is 8.47. The number of carbonyl (C=O) groups is 1. The first-order valence-electron chi connectivity index (χ1n) is 10.9. The van der Waals surface area contributed by atoms with Crippen LogP contribution in [-0.4, -0.2) is 44.7 Å². The Kier molecular flexibility index (Phi) is 6.40. The van der Waals surface area contributed by atoms with Crippen LogP contribution in [0.2, 0.25) is 0 Å². The molecule has 0 saturated carbocycles. The van der Waals surface area contributed by atoms with E-state index in [1.807, 2.05) is 30.0 Å². The second kappa shape index (κ2) is 9.25. The predicted molar refractivity (Wildman–Crippen MR) is 119 cm³/mol. The Hall–Kier alpha value is -3.36. The molecule has 9 heteroatoms. The van der Waals surface area contributed by atoms with Crippen LogP contribution in [0, 0.1) is 12.8 Å². The summed E-state index contributed by atoms with van der Waals surface area (Å²) in [5.74, 6) is 0.492. The smallest absolute Gasteiger partial charge is 0.368 e. The van der Waals surface area contributed by atoms with Gasteiger partial charge in [-0.1, -0.05) is 18.6 Å². The van der Waals surface area contributed by atoms with E-state index in [2.05, 4.69) is 22.3 Å². The zero-order valence-corrected chi connectivity index (χ0v) is 18.5. The summed E-state index contributed by atoms with van der Waals surface area (Å²) in [6.07, 6.45) is 1.73. The van der Waals surface area contributed by atoms with E-state index in [0.717, 1.165) is 30.7 Å². The molecule has 1 aromatic carbocycles. The molecule has 2 atom stereocenters. The number of hydrogen-bond acceptors (Lipinski definition) is 4. The van der Waals surface area contributed by atoms with Gasteiger partial charge >= 0.3 is 6.18 Å². The van der Waals surface area contributed by atoms with Gasteiger partial charge in [-0.05, 0) is 56.0 Å². The number of carbonyl (C=O) groups excluding carboxylic acids is 1. The van der Waals surface area contributed by atoms with Gasteiger partial charge in [-0.2, -0.15) is 18.3 Å². The Morgan fingerprint density at radius 2 is 2.06 bits per heavy atom. The van der Waals surface area contributed by atoms with E-state index in [0.29, 0.717) is 30.2 Å². The molecule has 4 rings (SSSR count). The van der Waals surface area contributed by atoms with Gasteiger partial charge in [0.15, 0.2) is 0 Å². The summed E-state index contributed by atoms with van der Waals surface area (Å²) < 4.78 is 40.1. The first-order chi connectivity index (χ1) is 15.7. The van der Waals surface area contributed by atoms with Crippen molar-refractivity contribution in [1.82, 2.24) is 19.7 Å². The monoisotopic (exact) mass is 457 g/mol. The molecule has 0 aliphatic carbocycles. The number of amides is 1. The van der Waals surface area contributed by atoms with E-state index in [4.69, 9.17) is 0 Å².